The zero-order valence-corrected chi connectivity index (χ0v) is 14.2. The molecule has 0 bridgehead atoms. The molecular formula is C19H22N2O4. The number of unbranched alkanes of at least 4 members (excludes halogenated alkanes) is 1. The summed E-state index contributed by atoms with van der Waals surface area (Å²) < 4.78 is 10.8. The maximum Gasteiger partial charge on any atom is 0.417 e. The van der Waals surface area contributed by atoms with Crippen LogP contribution in [-0.4, -0.2) is 25.0 Å². The van der Waals surface area contributed by atoms with Crippen LogP contribution >= 0.6 is 0 Å². The van der Waals surface area contributed by atoms with E-state index in [-0.39, 0.29) is 12.3 Å². The van der Waals surface area contributed by atoms with Gasteiger partial charge in [0.1, 0.15) is 11.5 Å². The van der Waals surface area contributed by atoms with Crippen molar-refractivity contribution in [2.45, 2.75) is 19.8 Å². The second-order valence-electron chi connectivity index (χ2n) is 5.40. The Hall–Kier alpha value is -2.86. The first-order valence-electron chi connectivity index (χ1n) is 8.17. The largest absolute Gasteiger partial charge is 0.494 e. The molecule has 1 amide bonds. The summed E-state index contributed by atoms with van der Waals surface area (Å²) in [5.41, 5.74) is 6.24. The summed E-state index contributed by atoms with van der Waals surface area (Å²) in [6.45, 7) is 2.68. The van der Waals surface area contributed by atoms with Crippen molar-refractivity contribution in [3.05, 3.63) is 54.1 Å². The number of nitrogens with one attached hydrogen (secondary N) is 1. The van der Waals surface area contributed by atoms with Gasteiger partial charge in [0.15, 0.2) is 5.78 Å². The van der Waals surface area contributed by atoms with Crippen molar-refractivity contribution in [3.8, 4) is 11.5 Å². The van der Waals surface area contributed by atoms with E-state index >= 15 is 0 Å². The molecule has 0 aromatic heterocycles. The van der Waals surface area contributed by atoms with Crippen LogP contribution in [0.4, 0.5) is 10.5 Å². The number of carbonyl (C=O) groups is 2. The van der Waals surface area contributed by atoms with E-state index in [1.54, 1.807) is 48.5 Å². The Morgan fingerprint density at radius 2 is 1.80 bits per heavy atom. The van der Waals surface area contributed by atoms with Gasteiger partial charge in [-0.3, -0.25) is 10.1 Å². The van der Waals surface area contributed by atoms with Gasteiger partial charge in [-0.15, -0.1) is 0 Å². The normalized spacial score (nSPS) is 10.2. The predicted octanol–water partition coefficient (Wildman–Crippen LogP) is 3.62. The first-order chi connectivity index (χ1) is 12.1. The van der Waals surface area contributed by atoms with Gasteiger partial charge < -0.3 is 15.2 Å². The topological polar surface area (TPSA) is 90.6 Å². The number of ketones is 1. The molecule has 0 unspecified atom stereocenters. The lowest BCUT2D eigenvalue weighted by atomic mass is 10.1. The highest BCUT2D eigenvalue weighted by Gasteiger charge is 2.08. The van der Waals surface area contributed by atoms with Crippen LogP contribution in [0.1, 0.15) is 30.1 Å². The molecule has 0 spiro atoms. The Balaban J connectivity index is 1.90. The lowest BCUT2D eigenvalue weighted by Crippen LogP contribution is -2.18. The fourth-order valence-electron chi connectivity index (χ4n) is 2.08. The smallest absolute Gasteiger partial charge is 0.417 e. The van der Waals surface area contributed by atoms with Crippen LogP contribution in [0.15, 0.2) is 48.5 Å². The molecule has 0 aliphatic rings. The summed E-state index contributed by atoms with van der Waals surface area (Å²) in [7, 11) is 0. The SMILES string of the molecule is CCCCOc1ccc(OC(=O)Nc2cccc(C(=O)CN)c2)cc1. The predicted molar refractivity (Wildman–Crippen MR) is 96.3 cm³/mol. The number of anilines is 1. The molecule has 3 N–H and O–H groups in total. The highest BCUT2D eigenvalue weighted by atomic mass is 16.6. The Labute approximate surface area is 146 Å². The zero-order valence-electron chi connectivity index (χ0n) is 14.2. The first kappa shape index (κ1) is 18.5. The number of amides is 1. The first-order valence-corrected chi connectivity index (χ1v) is 8.17. The summed E-state index contributed by atoms with van der Waals surface area (Å²) in [5.74, 6) is 0.930. The van der Waals surface area contributed by atoms with Gasteiger partial charge in [0.05, 0.1) is 13.2 Å². The average molecular weight is 342 g/mol. The van der Waals surface area contributed by atoms with Crippen LogP contribution in [0.5, 0.6) is 11.5 Å². The van der Waals surface area contributed by atoms with E-state index in [0.29, 0.717) is 23.6 Å². The lowest BCUT2D eigenvalue weighted by Gasteiger charge is -2.09. The molecule has 0 saturated carbocycles. The molecule has 6 nitrogen and oxygen atoms in total. The van der Waals surface area contributed by atoms with Crippen molar-refractivity contribution in [3.63, 3.8) is 0 Å². The molecule has 2 aromatic rings. The van der Waals surface area contributed by atoms with Crippen molar-refractivity contribution in [2.75, 3.05) is 18.5 Å². The van der Waals surface area contributed by atoms with Crippen molar-refractivity contribution >= 4 is 17.6 Å². The Morgan fingerprint density at radius 1 is 1.08 bits per heavy atom. The quantitative estimate of drug-likeness (QED) is 0.565. The van der Waals surface area contributed by atoms with Crippen LogP contribution in [-0.2, 0) is 0 Å². The molecule has 2 aromatic carbocycles. The van der Waals surface area contributed by atoms with E-state index in [0.717, 1.165) is 18.6 Å². The minimum atomic E-state index is -0.642. The van der Waals surface area contributed by atoms with E-state index in [1.807, 2.05) is 0 Å². The zero-order chi connectivity index (χ0) is 18.1. The molecule has 0 atom stereocenters. The van der Waals surface area contributed by atoms with E-state index < -0.39 is 6.09 Å². The molecule has 0 aliphatic heterocycles. The molecule has 132 valence electrons. The third-order valence-corrected chi connectivity index (χ3v) is 3.42. The molecule has 0 aliphatic carbocycles. The summed E-state index contributed by atoms with van der Waals surface area (Å²) >= 11 is 0. The van der Waals surface area contributed by atoms with Gasteiger partial charge in [0, 0.05) is 11.3 Å². The molecule has 0 heterocycles. The third-order valence-electron chi connectivity index (χ3n) is 3.42. The van der Waals surface area contributed by atoms with Crippen molar-refractivity contribution in [1.82, 2.24) is 0 Å². The number of carbonyl (C=O) groups excluding carboxylic acids is 2. The van der Waals surface area contributed by atoms with Crippen molar-refractivity contribution in [2.24, 2.45) is 5.73 Å². The fourth-order valence-corrected chi connectivity index (χ4v) is 2.08. The number of benzene rings is 2. The average Bonchev–Trinajstić information content (AvgIpc) is 2.63. The molecule has 0 radical (unpaired) electrons. The van der Waals surface area contributed by atoms with E-state index in [9.17, 15) is 9.59 Å². The van der Waals surface area contributed by atoms with Gasteiger partial charge >= 0.3 is 6.09 Å². The minimum absolute atomic E-state index is 0.0828. The second kappa shape index (κ2) is 9.44. The van der Waals surface area contributed by atoms with Gasteiger partial charge in [-0.05, 0) is 42.8 Å². The van der Waals surface area contributed by atoms with Gasteiger partial charge in [0.25, 0.3) is 0 Å². The number of Topliss-reactive ketones (excluding diaryl/α,β-unsaturated/α-hetero) is 1. The van der Waals surface area contributed by atoms with Crippen LogP contribution in [0.2, 0.25) is 0 Å². The lowest BCUT2D eigenvalue weighted by molar-refractivity contribution is 0.100. The van der Waals surface area contributed by atoms with Gasteiger partial charge in [-0.25, -0.2) is 4.79 Å². The Morgan fingerprint density at radius 3 is 2.48 bits per heavy atom. The number of hydrogen-bond donors (Lipinski definition) is 2. The molecular weight excluding hydrogens is 320 g/mol. The summed E-state index contributed by atoms with van der Waals surface area (Å²) in [6.07, 6.45) is 1.42. The maximum atomic E-state index is 12.0. The highest BCUT2D eigenvalue weighted by molar-refractivity contribution is 5.99. The Bertz CT molecular complexity index is 714. The second-order valence-corrected chi connectivity index (χ2v) is 5.40. The van der Waals surface area contributed by atoms with Crippen molar-refractivity contribution < 1.29 is 19.1 Å². The third kappa shape index (κ3) is 5.93. The van der Waals surface area contributed by atoms with Gasteiger partial charge in [-0.2, -0.15) is 0 Å². The molecule has 25 heavy (non-hydrogen) atoms. The highest BCUT2D eigenvalue weighted by Crippen LogP contribution is 2.19. The molecule has 6 heteroatoms. The summed E-state index contributed by atoms with van der Waals surface area (Å²) in [6, 6.07) is 13.4. The maximum absolute atomic E-state index is 12.0. The van der Waals surface area contributed by atoms with Crippen LogP contribution in [0.25, 0.3) is 0 Å². The van der Waals surface area contributed by atoms with Crippen LogP contribution in [0, 0.1) is 0 Å². The molecule has 2 rings (SSSR count). The summed E-state index contributed by atoms with van der Waals surface area (Å²) in [5, 5.41) is 2.58. The number of nitrogens with two attached hydrogens (primary N) is 1. The molecule has 0 saturated heterocycles. The number of ether oxygens (including phenoxy) is 2. The van der Waals surface area contributed by atoms with Crippen LogP contribution in [0.3, 0.4) is 0 Å². The van der Waals surface area contributed by atoms with Crippen LogP contribution < -0.4 is 20.5 Å². The Kier molecular flexibility index (Phi) is 6.98. The summed E-state index contributed by atoms with van der Waals surface area (Å²) in [4.78, 5) is 23.5. The fraction of sp³-hybridized carbons (Fsp3) is 0.263. The van der Waals surface area contributed by atoms with E-state index in [4.69, 9.17) is 15.2 Å². The molecule has 0 fully saturated rings. The standard InChI is InChI=1S/C19H22N2O4/c1-2-3-11-24-16-7-9-17(10-8-16)25-19(23)21-15-6-4-5-14(12-15)18(22)13-20/h4-10,12H,2-3,11,13,20H2,1H3,(H,21,23). The monoisotopic (exact) mass is 342 g/mol. The van der Waals surface area contributed by atoms with Crippen molar-refractivity contribution in [1.29, 1.82) is 0 Å². The number of rotatable bonds is 8. The van der Waals surface area contributed by atoms with Gasteiger partial charge in [-0.1, -0.05) is 25.5 Å². The number of hydrogen-bond acceptors (Lipinski definition) is 5. The van der Waals surface area contributed by atoms with E-state index in [1.165, 1.54) is 0 Å². The minimum Gasteiger partial charge on any atom is -0.494 e. The van der Waals surface area contributed by atoms with E-state index in [2.05, 4.69) is 12.2 Å². The van der Waals surface area contributed by atoms with Gasteiger partial charge in [0.2, 0.25) is 0 Å².